The predicted octanol–water partition coefficient (Wildman–Crippen LogP) is 2.12. The van der Waals surface area contributed by atoms with Gasteiger partial charge in [-0.05, 0) is 32.9 Å². The molecule has 0 bridgehead atoms. The van der Waals surface area contributed by atoms with E-state index in [0.29, 0.717) is 11.0 Å². The Morgan fingerprint density at radius 2 is 2.00 bits per heavy atom. The zero-order chi connectivity index (χ0) is 13.2. The molecule has 0 aromatic rings. The van der Waals surface area contributed by atoms with Crippen molar-refractivity contribution < 1.29 is 4.74 Å². The van der Waals surface area contributed by atoms with Crippen LogP contribution >= 0.6 is 0 Å². The molecule has 1 saturated carbocycles. The fourth-order valence-corrected chi connectivity index (χ4v) is 3.51. The van der Waals surface area contributed by atoms with Gasteiger partial charge >= 0.3 is 0 Å². The maximum absolute atomic E-state index is 5.32. The van der Waals surface area contributed by atoms with Gasteiger partial charge in [0.05, 0.1) is 13.2 Å². The normalized spacial score (nSPS) is 35.5. The van der Waals surface area contributed by atoms with E-state index in [1.54, 1.807) is 0 Å². The third-order valence-electron chi connectivity index (χ3n) is 4.92. The fraction of sp³-hybridized carbons (Fsp3) is 1.00. The van der Waals surface area contributed by atoms with Gasteiger partial charge in [-0.15, -0.1) is 0 Å². The molecular formula is C15H30N2O. The fourth-order valence-electron chi connectivity index (χ4n) is 3.51. The minimum Gasteiger partial charge on any atom is -0.380 e. The van der Waals surface area contributed by atoms with Crippen molar-refractivity contribution in [2.75, 3.05) is 40.4 Å². The molecule has 1 saturated heterocycles. The van der Waals surface area contributed by atoms with E-state index in [2.05, 4.69) is 38.2 Å². The van der Waals surface area contributed by atoms with Crippen molar-refractivity contribution in [3.8, 4) is 0 Å². The van der Waals surface area contributed by atoms with Crippen molar-refractivity contribution in [2.45, 2.75) is 45.1 Å². The molecule has 106 valence electrons. The highest BCUT2D eigenvalue weighted by molar-refractivity contribution is 4.95. The molecular weight excluding hydrogens is 224 g/mol. The summed E-state index contributed by atoms with van der Waals surface area (Å²) in [5.74, 6) is 0.866. The number of ether oxygens (including phenoxy) is 1. The van der Waals surface area contributed by atoms with Crippen molar-refractivity contribution in [1.29, 1.82) is 0 Å². The molecule has 1 aliphatic heterocycles. The Morgan fingerprint density at radius 1 is 1.28 bits per heavy atom. The average Bonchev–Trinajstić information content (AvgIpc) is 2.26. The smallest absolute Gasteiger partial charge is 0.0554 e. The van der Waals surface area contributed by atoms with Crippen LogP contribution in [0.5, 0.6) is 0 Å². The predicted molar refractivity (Wildman–Crippen MR) is 75.8 cm³/mol. The molecule has 1 aliphatic carbocycles. The molecule has 2 fully saturated rings. The largest absolute Gasteiger partial charge is 0.380 e. The van der Waals surface area contributed by atoms with Crippen LogP contribution in [0.1, 0.15) is 39.5 Å². The minimum atomic E-state index is 0.374. The Bertz CT molecular complexity index is 276. The SMILES string of the molecule is CC1CCCC(CNCC2(C)COC2)(N(C)C)C1. The van der Waals surface area contributed by atoms with Gasteiger partial charge in [-0.2, -0.15) is 0 Å². The van der Waals surface area contributed by atoms with Crippen LogP contribution in [0.3, 0.4) is 0 Å². The molecule has 0 amide bonds. The standard InChI is InChI=1S/C15H30N2O/c1-13-6-5-7-15(8-13,17(3)4)10-16-9-14(2)11-18-12-14/h13,16H,5-12H2,1-4H3. The molecule has 18 heavy (non-hydrogen) atoms. The topological polar surface area (TPSA) is 24.5 Å². The minimum absolute atomic E-state index is 0.374. The summed E-state index contributed by atoms with van der Waals surface area (Å²) < 4.78 is 5.32. The highest BCUT2D eigenvalue weighted by Gasteiger charge is 2.38. The van der Waals surface area contributed by atoms with E-state index >= 15 is 0 Å². The van der Waals surface area contributed by atoms with Gasteiger partial charge in [-0.3, -0.25) is 0 Å². The summed E-state index contributed by atoms with van der Waals surface area (Å²) >= 11 is 0. The van der Waals surface area contributed by atoms with Crippen molar-refractivity contribution >= 4 is 0 Å². The first kappa shape index (κ1) is 14.3. The summed E-state index contributed by atoms with van der Waals surface area (Å²) in [5, 5.41) is 3.72. The van der Waals surface area contributed by atoms with E-state index in [1.807, 2.05) is 0 Å². The van der Waals surface area contributed by atoms with E-state index in [9.17, 15) is 0 Å². The maximum atomic E-state index is 5.32. The number of likely N-dealkylation sites (N-methyl/N-ethyl adjacent to an activating group) is 1. The molecule has 3 nitrogen and oxygen atoms in total. The Hall–Kier alpha value is -0.120. The van der Waals surface area contributed by atoms with E-state index in [-0.39, 0.29) is 0 Å². The van der Waals surface area contributed by atoms with Gasteiger partial charge in [0.1, 0.15) is 0 Å². The van der Waals surface area contributed by atoms with E-state index in [4.69, 9.17) is 4.74 Å². The Morgan fingerprint density at radius 3 is 2.50 bits per heavy atom. The quantitative estimate of drug-likeness (QED) is 0.813. The number of hydrogen-bond donors (Lipinski definition) is 1. The van der Waals surface area contributed by atoms with Crippen LogP contribution in [0.25, 0.3) is 0 Å². The highest BCUT2D eigenvalue weighted by atomic mass is 16.5. The molecule has 0 aromatic carbocycles. The Kier molecular flexibility index (Phi) is 4.35. The van der Waals surface area contributed by atoms with Gasteiger partial charge in [-0.25, -0.2) is 0 Å². The molecule has 1 heterocycles. The summed E-state index contributed by atoms with van der Waals surface area (Å²) in [7, 11) is 4.49. The van der Waals surface area contributed by atoms with Crippen LogP contribution in [0.4, 0.5) is 0 Å². The van der Waals surface area contributed by atoms with Crippen LogP contribution in [-0.2, 0) is 4.74 Å². The second-order valence-corrected chi connectivity index (χ2v) is 7.23. The van der Waals surface area contributed by atoms with Crippen molar-refractivity contribution in [1.82, 2.24) is 10.2 Å². The number of rotatable bonds is 5. The summed E-state index contributed by atoms with van der Waals surface area (Å²) in [6.45, 7) is 8.78. The van der Waals surface area contributed by atoms with Crippen LogP contribution in [-0.4, -0.2) is 50.8 Å². The van der Waals surface area contributed by atoms with Gasteiger partial charge in [-0.1, -0.05) is 26.7 Å². The second kappa shape index (κ2) is 5.48. The zero-order valence-corrected chi connectivity index (χ0v) is 12.6. The number of nitrogens with zero attached hydrogens (tertiary/aromatic N) is 1. The third kappa shape index (κ3) is 3.06. The lowest BCUT2D eigenvalue weighted by molar-refractivity contribution is -0.100. The molecule has 2 atom stereocenters. The molecule has 0 aromatic heterocycles. The molecule has 2 unspecified atom stereocenters. The van der Waals surface area contributed by atoms with E-state index < -0.39 is 0 Å². The summed E-state index contributed by atoms with van der Waals surface area (Å²) in [4.78, 5) is 2.45. The molecule has 0 spiro atoms. The lowest BCUT2D eigenvalue weighted by Gasteiger charge is -2.46. The summed E-state index contributed by atoms with van der Waals surface area (Å²) in [6, 6.07) is 0. The average molecular weight is 254 g/mol. The van der Waals surface area contributed by atoms with Crippen LogP contribution < -0.4 is 5.32 Å². The van der Waals surface area contributed by atoms with Gasteiger partial charge in [0.2, 0.25) is 0 Å². The van der Waals surface area contributed by atoms with Crippen LogP contribution in [0.15, 0.2) is 0 Å². The molecule has 3 heteroatoms. The van der Waals surface area contributed by atoms with Gasteiger partial charge in [0.15, 0.2) is 0 Å². The maximum Gasteiger partial charge on any atom is 0.0554 e. The van der Waals surface area contributed by atoms with Crippen molar-refractivity contribution in [2.24, 2.45) is 11.3 Å². The first-order valence-electron chi connectivity index (χ1n) is 7.42. The zero-order valence-electron chi connectivity index (χ0n) is 12.6. The third-order valence-corrected chi connectivity index (χ3v) is 4.92. The molecule has 1 N–H and O–H groups in total. The number of nitrogens with one attached hydrogen (secondary N) is 1. The van der Waals surface area contributed by atoms with E-state index in [1.165, 1.54) is 25.7 Å². The van der Waals surface area contributed by atoms with Gasteiger partial charge < -0.3 is 15.0 Å². The van der Waals surface area contributed by atoms with Crippen LogP contribution in [0.2, 0.25) is 0 Å². The van der Waals surface area contributed by atoms with Crippen molar-refractivity contribution in [3.05, 3.63) is 0 Å². The van der Waals surface area contributed by atoms with Gasteiger partial charge in [0, 0.05) is 24.0 Å². The molecule has 2 aliphatic rings. The Labute approximate surface area is 112 Å². The van der Waals surface area contributed by atoms with Gasteiger partial charge in [0.25, 0.3) is 0 Å². The molecule has 0 radical (unpaired) electrons. The first-order chi connectivity index (χ1) is 8.46. The lowest BCUT2D eigenvalue weighted by atomic mass is 9.75. The van der Waals surface area contributed by atoms with Crippen LogP contribution in [0, 0.1) is 11.3 Å². The highest BCUT2D eigenvalue weighted by Crippen LogP contribution is 2.35. The van der Waals surface area contributed by atoms with Crippen molar-refractivity contribution in [3.63, 3.8) is 0 Å². The summed E-state index contributed by atoms with van der Waals surface area (Å²) in [6.07, 6.45) is 5.45. The summed E-state index contributed by atoms with van der Waals surface area (Å²) in [5.41, 5.74) is 0.756. The molecule has 2 rings (SSSR count). The monoisotopic (exact) mass is 254 g/mol. The first-order valence-corrected chi connectivity index (χ1v) is 7.42. The van der Waals surface area contributed by atoms with E-state index in [0.717, 1.165) is 32.2 Å². The Balaban J connectivity index is 1.85. The second-order valence-electron chi connectivity index (χ2n) is 7.23. The number of hydrogen-bond acceptors (Lipinski definition) is 3. The lowest BCUT2D eigenvalue weighted by Crippen LogP contribution is -2.56.